The monoisotopic (exact) mass is 100 g/mol. The summed E-state index contributed by atoms with van der Waals surface area (Å²) in [6, 6.07) is 0.542. The van der Waals surface area contributed by atoms with Gasteiger partial charge in [-0.15, -0.1) is 0 Å². The van der Waals surface area contributed by atoms with E-state index in [1.54, 1.807) is 0 Å². The van der Waals surface area contributed by atoms with Gasteiger partial charge in [0.2, 0.25) is 0 Å². The van der Waals surface area contributed by atoms with Crippen LogP contribution in [0.3, 0.4) is 0 Å². The lowest BCUT2D eigenvalue weighted by Crippen LogP contribution is -2.33. The average Bonchev–Trinajstić information content (AvgIpc) is 2.44. The Morgan fingerprint density at radius 3 is 2.43 bits per heavy atom. The molecule has 2 nitrogen and oxygen atoms in total. The van der Waals surface area contributed by atoms with Gasteiger partial charge in [-0.2, -0.15) is 0 Å². The Kier molecular flexibility index (Phi) is 1.30. The van der Waals surface area contributed by atoms with E-state index >= 15 is 0 Å². The Balaban J connectivity index is 2.10. The van der Waals surface area contributed by atoms with E-state index in [0.29, 0.717) is 6.04 Å². The highest BCUT2D eigenvalue weighted by Crippen LogP contribution is 2.31. The second-order valence-corrected chi connectivity index (χ2v) is 2.29. The third-order valence-corrected chi connectivity index (χ3v) is 1.59. The highest BCUT2D eigenvalue weighted by atomic mass is 15.2. The van der Waals surface area contributed by atoms with E-state index in [0.717, 1.165) is 5.92 Å². The fourth-order valence-corrected chi connectivity index (χ4v) is 0.732. The lowest BCUT2D eigenvalue weighted by Gasteiger charge is -2.04. The van der Waals surface area contributed by atoms with E-state index in [-0.39, 0.29) is 0 Å². The maximum atomic E-state index is 5.16. The van der Waals surface area contributed by atoms with Crippen molar-refractivity contribution >= 4 is 0 Å². The first-order valence-corrected chi connectivity index (χ1v) is 2.80. The Morgan fingerprint density at radius 2 is 2.29 bits per heavy atom. The molecule has 3 N–H and O–H groups in total. The number of hydrogen-bond acceptors (Lipinski definition) is 2. The lowest BCUT2D eigenvalue weighted by atomic mass is 10.2. The minimum atomic E-state index is 0.542. The van der Waals surface area contributed by atoms with Crippen molar-refractivity contribution < 1.29 is 0 Å². The van der Waals surface area contributed by atoms with Gasteiger partial charge in [-0.05, 0) is 25.7 Å². The summed E-state index contributed by atoms with van der Waals surface area (Å²) in [6.07, 6.45) is 2.73. The number of nitrogens with one attached hydrogen (secondary N) is 1. The molecule has 1 aliphatic rings. The fourth-order valence-electron chi connectivity index (χ4n) is 0.732. The first-order chi connectivity index (χ1) is 3.34. The van der Waals surface area contributed by atoms with E-state index in [4.69, 9.17) is 5.84 Å². The van der Waals surface area contributed by atoms with Gasteiger partial charge in [0.15, 0.2) is 0 Å². The summed E-state index contributed by atoms with van der Waals surface area (Å²) in [4.78, 5) is 0. The van der Waals surface area contributed by atoms with E-state index in [1.165, 1.54) is 12.8 Å². The van der Waals surface area contributed by atoms with E-state index in [1.807, 2.05) is 0 Å². The van der Waals surface area contributed by atoms with Crippen LogP contribution in [0.1, 0.15) is 19.8 Å². The highest BCUT2D eigenvalue weighted by Gasteiger charge is 2.26. The second-order valence-electron chi connectivity index (χ2n) is 2.29. The van der Waals surface area contributed by atoms with Crippen molar-refractivity contribution in [1.82, 2.24) is 5.43 Å². The summed E-state index contributed by atoms with van der Waals surface area (Å²) < 4.78 is 0. The Labute approximate surface area is 44.1 Å². The first kappa shape index (κ1) is 5.06. The van der Waals surface area contributed by atoms with Crippen molar-refractivity contribution in [2.24, 2.45) is 11.8 Å². The van der Waals surface area contributed by atoms with Gasteiger partial charge >= 0.3 is 0 Å². The van der Waals surface area contributed by atoms with Gasteiger partial charge in [0.25, 0.3) is 0 Å². The van der Waals surface area contributed by atoms with Crippen LogP contribution >= 0.6 is 0 Å². The lowest BCUT2D eigenvalue weighted by molar-refractivity contribution is 0.513. The van der Waals surface area contributed by atoms with Crippen LogP contribution in [0.15, 0.2) is 0 Å². The summed E-state index contributed by atoms with van der Waals surface area (Å²) >= 11 is 0. The largest absolute Gasteiger partial charge is 0.271 e. The minimum absolute atomic E-state index is 0.542. The number of rotatable bonds is 2. The molecule has 0 bridgehead atoms. The molecular formula is C5H12N2. The van der Waals surface area contributed by atoms with Crippen LogP contribution in [0, 0.1) is 5.92 Å². The van der Waals surface area contributed by atoms with Crippen LogP contribution in [-0.4, -0.2) is 6.04 Å². The summed E-state index contributed by atoms with van der Waals surface area (Å²) in [5.41, 5.74) is 2.73. The summed E-state index contributed by atoms with van der Waals surface area (Å²) in [7, 11) is 0. The minimum Gasteiger partial charge on any atom is -0.271 e. The summed E-state index contributed by atoms with van der Waals surface area (Å²) in [5.74, 6) is 6.04. The molecule has 0 saturated heterocycles. The highest BCUT2D eigenvalue weighted by molar-refractivity contribution is 4.81. The Morgan fingerprint density at radius 1 is 1.71 bits per heavy atom. The zero-order chi connectivity index (χ0) is 5.28. The molecule has 1 saturated carbocycles. The molecule has 0 heterocycles. The zero-order valence-corrected chi connectivity index (χ0v) is 4.65. The third-order valence-electron chi connectivity index (χ3n) is 1.59. The summed E-state index contributed by atoms with van der Waals surface area (Å²) in [5, 5.41) is 0. The molecule has 0 aromatic rings. The Bertz CT molecular complexity index is 59.1. The van der Waals surface area contributed by atoms with E-state index < -0.39 is 0 Å². The molecular weight excluding hydrogens is 88.1 g/mol. The van der Waals surface area contributed by atoms with Crippen LogP contribution in [0.4, 0.5) is 0 Å². The average molecular weight is 100 g/mol. The Hall–Kier alpha value is -0.0800. The molecule has 0 aromatic heterocycles. The molecule has 1 fully saturated rings. The van der Waals surface area contributed by atoms with Crippen LogP contribution < -0.4 is 11.3 Å². The zero-order valence-electron chi connectivity index (χ0n) is 4.65. The third kappa shape index (κ3) is 1.14. The van der Waals surface area contributed by atoms with Crippen molar-refractivity contribution in [2.45, 2.75) is 25.8 Å². The SMILES string of the molecule is C[C@@H](NN)C1CC1. The predicted molar refractivity (Wildman–Crippen MR) is 29.5 cm³/mol. The van der Waals surface area contributed by atoms with Crippen molar-refractivity contribution in [1.29, 1.82) is 0 Å². The van der Waals surface area contributed by atoms with Crippen molar-refractivity contribution in [2.75, 3.05) is 0 Å². The maximum Gasteiger partial charge on any atom is 0.0210 e. The molecule has 0 spiro atoms. The molecule has 1 atom stereocenters. The van der Waals surface area contributed by atoms with Gasteiger partial charge in [0.05, 0.1) is 0 Å². The second kappa shape index (κ2) is 1.80. The molecule has 42 valence electrons. The maximum absolute atomic E-state index is 5.16. The van der Waals surface area contributed by atoms with Crippen LogP contribution in [-0.2, 0) is 0 Å². The number of nitrogens with two attached hydrogens (primary N) is 1. The molecule has 0 radical (unpaired) electrons. The summed E-state index contributed by atoms with van der Waals surface area (Å²) in [6.45, 7) is 2.12. The molecule has 1 aliphatic carbocycles. The molecule has 0 unspecified atom stereocenters. The first-order valence-electron chi connectivity index (χ1n) is 2.80. The van der Waals surface area contributed by atoms with Gasteiger partial charge in [-0.3, -0.25) is 11.3 Å². The van der Waals surface area contributed by atoms with Gasteiger partial charge in [-0.1, -0.05) is 0 Å². The van der Waals surface area contributed by atoms with E-state index in [2.05, 4.69) is 12.3 Å². The van der Waals surface area contributed by atoms with Gasteiger partial charge in [0, 0.05) is 6.04 Å². The van der Waals surface area contributed by atoms with Crippen LogP contribution in [0.25, 0.3) is 0 Å². The fraction of sp³-hybridized carbons (Fsp3) is 1.00. The van der Waals surface area contributed by atoms with Crippen molar-refractivity contribution in [3.05, 3.63) is 0 Å². The smallest absolute Gasteiger partial charge is 0.0210 e. The molecule has 0 aromatic carbocycles. The number of hydrogen-bond donors (Lipinski definition) is 2. The normalized spacial score (nSPS) is 24.9. The molecule has 2 heteroatoms. The van der Waals surface area contributed by atoms with Gasteiger partial charge < -0.3 is 0 Å². The molecule has 7 heavy (non-hydrogen) atoms. The van der Waals surface area contributed by atoms with Gasteiger partial charge in [0.1, 0.15) is 0 Å². The standard InChI is InChI=1S/C5H12N2/c1-4(7-6)5-2-3-5/h4-5,7H,2-3,6H2,1H3/t4-/m1/s1. The predicted octanol–water partition coefficient (Wildman–Crippen LogP) is 0.248. The molecule has 0 aliphatic heterocycles. The molecule has 1 rings (SSSR count). The van der Waals surface area contributed by atoms with Crippen molar-refractivity contribution in [3.63, 3.8) is 0 Å². The quantitative estimate of drug-likeness (QED) is 0.385. The van der Waals surface area contributed by atoms with E-state index in [9.17, 15) is 0 Å². The van der Waals surface area contributed by atoms with Crippen molar-refractivity contribution in [3.8, 4) is 0 Å². The van der Waals surface area contributed by atoms with Crippen LogP contribution in [0.2, 0.25) is 0 Å². The number of hydrazine groups is 1. The van der Waals surface area contributed by atoms with Gasteiger partial charge in [-0.25, -0.2) is 0 Å². The van der Waals surface area contributed by atoms with Crippen LogP contribution in [0.5, 0.6) is 0 Å². The molecule has 0 amide bonds. The topological polar surface area (TPSA) is 38.0 Å².